The van der Waals surface area contributed by atoms with E-state index in [1.165, 1.54) is 6.07 Å². The summed E-state index contributed by atoms with van der Waals surface area (Å²) in [5.74, 6) is 5.28. The second-order valence-corrected chi connectivity index (χ2v) is 4.92. The molecule has 7 heteroatoms. The van der Waals surface area contributed by atoms with Crippen LogP contribution in [0.15, 0.2) is 18.2 Å². The van der Waals surface area contributed by atoms with Crippen LogP contribution in [0.25, 0.3) is 0 Å². The Labute approximate surface area is 124 Å². The normalized spacial score (nSPS) is 11.1. The number of rotatable bonds is 9. The van der Waals surface area contributed by atoms with Crippen molar-refractivity contribution in [2.45, 2.75) is 39.3 Å². The Morgan fingerprint density at radius 3 is 2.57 bits per heavy atom. The Kier molecular flexibility index (Phi) is 7.07. The van der Waals surface area contributed by atoms with Crippen molar-refractivity contribution >= 4 is 11.4 Å². The summed E-state index contributed by atoms with van der Waals surface area (Å²) in [5, 5.41) is 20.3. The zero-order chi connectivity index (χ0) is 15.8. The van der Waals surface area contributed by atoms with E-state index in [4.69, 9.17) is 5.84 Å². The van der Waals surface area contributed by atoms with Crippen LogP contribution < -0.4 is 11.3 Å². The van der Waals surface area contributed by atoms with Gasteiger partial charge in [0, 0.05) is 25.2 Å². The van der Waals surface area contributed by atoms with E-state index in [-0.39, 0.29) is 12.3 Å². The Balaban J connectivity index is 2.98. The molecule has 0 heterocycles. The predicted octanol–water partition coefficient (Wildman–Crippen LogP) is 1.86. The van der Waals surface area contributed by atoms with Crippen LogP contribution in [0.5, 0.6) is 0 Å². The molecule has 0 saturated heterocycles. The lowest BCUT2D eigenvalue weighted by Gasteiger charge is -2.29. The quantitative estimate of drug-likeness (QED) is 0.365. The molecule has 0 bridgehead atoms. The maximum atomic E-state index is 11.0. The molecule has 0 aliphatic carbocycles. The minimum atomic E-state index is -0.452. The number of hydrazine groups is 1. The van der Waals surface area contributed by atoms with E-state index < -0.39 is 4.92 Å². The summed E-state index contributed by atoms with van der Waals surface area (Å²) in [6.45, 7) is 5.39. The second-order valence-electron chi connectivity index (χ2n) is 4.92. The third-order valence-corrected chi connectivity index (χ3v) is 3.65. The molecule has 1 rings (SSSR count). The topological polar surface area (TPSA) is 105 Å². The van der Waals surface area contributed by atoms with Gasteiger partial charge in [0.15, 0.2) is 0 Å². The number of nitrogen functional groups attached to an aromatic ring is 1. The smallest absolute Gasteiger partial charge is 0.293 e. The molecule has 0 radical (unpaired) electrons. The molecular weight excluding hydrogens is 272 g/mol. The summed E-state index contributed by atoms with van der Waals surface area (Å²) in [6.07, 6.45) is 1.95. The maximum Gasteiger partial charge on any atom is 0.293 e. The number of nitro groups is 1. The van der Waals surface area contributed by atoms with Gasteiger partial charge in [0.05, 0.1) is 11.5 Å². The van der Waals surface area contributed by atoms with Crippen molar-refractivity contribution in [1.29, 1.82) is 0 Å². The molecule has 1 aromatic rings. The first-order valence-electron chi connectivity index (χ1n) is 7.16. The fourth-order valence-electron chi connectivity index (χ4n) is 2.51. The van der Waals surface area contributed by atoms with Gasteiger partial charge in [-0.15, -0.1) is 0 Å². The number of anilines is 1. The number of hydrogen-bond acceptors (Lipinski definition) is 6. The van der Waals surface area contributed by atoms with E-state index in [9.17, 15) is 15.2 Å². The SMILES string of the molecule is CCC(CC)N(CCO)Cc1ccc(NN)c([N+](=O)[O-])c1. The number of nitrogens with zero attached hydrogens (tertiary/aromatic N) is 2. The monoisotopic (exact) mass is 296 g/mol. The Hall–Kier alpha value is -1.70. The van der Waals surface area contributed by atoms with Crippen LogP contribution in [0, 0.1) is 10.1 Å². The maximum absolute atomic E-state index is 11.0. The Morgan fingerprint density at radius 1 is 1.43 bits per heavy atom. The molecule has 0 aliphatic heterocycles. The van der Waals surface area contributed by atoms with Crippen LogP contribution >= 0.6 is 0 Å². The van der Waals surface area contributed by atoms with Gasteiger partial charge in [-0.05, 0) is 24.5 Å². The highest BCUT2D eigenvalue weighted by atomic mass is 16.6. The van der Waals surface area contributed by atoms with Crippen LogP contribution in [0.2, 0.25) is 0 Å². The second kappa shape index (κ2) is 8.56. The van der Waals surface area contributed by atoms with Crippen LogP contribution in [-0.2, 0) is 6.54 Å². The fourth-order valence-corrected chi connectivity index (χ4v) is 2.51. The van der Waals surface area contributed by atoms with E-state index in [0.29, 0.717) is 24.8 Å². The third-order valence-electron chi connectivity index (χ3n) is 3.65. The van der Waals surface area contributed by atoms with Crippen LogP contribution in [0.4, 0.5) is 11.4 Å². The molecule has 0 saturated carbocycles. The highest BCUT2D eigenvalue weighted by Gasteiger charge is 2.18. The number of aliphatic hydroxyl groups is 1. The molecule has 0 atom stereocenters. The van der Waals surface area contributed by atoms with Gasteiger partial charge in [0.1, 0.15) is 5.69 Å². The highest BCUT2D eigenvalue weighted by Crippen LogP contribution is 2.25. The minimum Gasteiger partial charge on any atom is -0.395 e. The zero-order valence-corrected chi connectivity index (χ0v) is 12.6. The van der Waals surface area contributed by atoms with E-state index in [1.807, 2.05) is 6.07 Å². The first-order valence-corrected chi connectivity index (χ1v) is 7.16. The predicted molar refractivity (Wildman–Crippen MR) is 82.8 cm³/mol. The molecule has 0 aliphatic rings. The lowest BCUT2D eigenvalue weighted by Crippen LogP contribution is -2.36. The lowest BCUT2D eigenvalue weighted by molar-refractivity contribution is -0.384. The Morgan fingerprint density at radius 2 is 2.10 bits per heavy atom. The van der Waals surface area contributed by atoms with Crippen molar-refractivity contribution in [3.8, 4) is 0 Å². The average molecular weight is 296 g/mol. The molecule has 0 amide bonds. The summed E-state index contributed by atoms with van der Waals surface area (Å²) >= 11 is 0. The summed E-state index contributed by atoms with van der Waals surface area (Å²) in [7, 11) is 0. The summed E-state index contributed by atoms with van der Waals surface area (Å²) in [5.41, 5.74) is 3.42. The standard InChI is InChI=1S/C14H24N4O3/c1-3-12(4-2)17(7-8-19)10-11-5-6-13(16-15)14(9-11)18(20)21/h5-6,9,12,16,19H,3-4,7-8,10,15H2,1-2H3. The van der Waals surface area contributed by atoms with Gasteiger partial charge in [-0.2, -0.15) is 0 Å². The van der Waals surface area contributed by atoms with Gasteiger partial charge in [-0.1, -0.05) is 19.9 Å². The number of nitro benzene ring substituents is 1. The number of nitrogens with one attached hydrogen (secondary N) is 1. The number of aliphatic hydroxyl groups excluding tert-OH is 1. The summed E-state index contributed by atoms with van der Waals surface area (Å²) in [6, 6.07) is 5.30. The van der Waals surface area contributed by atoms with E-state index in [2.05, 4.69) is 24.2 Å². The summed E-state index contributed by atoms with van der Waals surface area (Å²) < 4.78 is 0. The van der Waals surface area contributed by atoms with Gasteiger partial charge in [-0.3, -0.25) is 20.9 Å². The summed E-state index contributed by atoms with van der Waals surface area (Å²) in [4.78, 5) is 12.7. The number of hydrogen-bond donors (Lipinski definition) is 3. The molecule has 0 aromatic heterocycles. The van der Waals surface area contributed by atoms with Crippen LogP contribution in [0.1, 0.15) is 32.3 Å². The molecule has 7 nitrogen and oxygen atoms in total. The molecule has 118 valence electrons. The van der Waals surface area contributed by atoms with Gasteiger partial charge < -0.3 is 10.5 Å². The minimum absolute atomic E-state index is 0.0384. The zero-order valence-electron chi connectivity index (χ0n) is 12.6. The lowest BCUT2D eigenvalue weighted by atomic mass is 10.1. The van der Waals surface area contributed by atoms with Crippen molar-refractivity contribution in [2.24, 2.45) is 5.84 Å². The van der Waals surface area contributed by atoms with E-state index in [1.54, 1.807) is 6.07 Å². The highest BCUT2D eigenvalue weighted by molar-refractivity contribution is 5.61. The third kappa shape index (κ3) is 4.66. The molecular formula is C14H24N4O3. The van der Waals surface area contributed by atoms with Crippen LogP contribution in [-0.4, -0.2) is 34.1 Å². The van der Waals surface area contributed by atoms with Gasteiger partial charge in [0.25, 0.3) is 5.69 Å². The van der Waals surface area contributed by atoms with Gasteiger partial charge >= 0.3 is 0 Å². The molecule has 0 spiro atoms. The van der Waals surface area contributed by atoms with Crippen molar-refractivity contribution in [3.05, 3.63) is 33.9 Å². The molecule has 1 aromatic carbocycles. The van der Waals surface area contributed by atoms with Crippen molar-refractivity contribution < 1.29 is 10.0 Å². The number of benzene rings is 1. The van der Waals surface area contributed by atoms with Gasteiger partial charge in [-0.25, -0.2) is 0 Å². The van der Waals surface area contributed by atoms with Crippen molar-refractivity contribution in [1.82, 2.24) is 4.90 Å². The first kappa shape index (κ1) is 17.4. The van der Waals surface area contributed by atoms with E-state index >= 15 is 0 Å². The largest absolute Gasteiger partial charge is 0.395 e. The average Bonchev–Trinajstić information content (AvgIpc) is 2.48. The van der Waals surface area contributed by atoms with Crippen molar-refractivity contribution in [3.63, 3.8) is 0 Å². The Bertz CT molecular complexity index is 464. The molecule has 0 fully saturated rings. The fraction of sp³-hybridized carbons (Fsp3) is 0.571. The molecule has 0 unspecified atom stereocenters. The first-order chi connectivity index (χ1) is 10.1. The number of nitrogens with two attached hydrogens (primary N) is 1. The molecule has 4 N–H and O–H groups in total. The van der Waals surface area contributed by atoms with Gasteiger partial charge in [0.2, 0.25) is 0 Å². The van der Waals surface area contributed by atoms with Crippen molar-refractivity contribution in [2.75, 3.05) is 18.6 Å². The molecule has 21 heavy (non-hydrogen) atoms. The van der Waals surface area contributed by atoms with E-state index in [0.717, 1.165) is 18.4 Å². The van der Waals surface area contributed by atoms with Crippen LogP contribution in [0.3, 0.4) is 0 Å².